The van der Waals surface area contributed by atoms with Crippen LogP contribution in [0.3, 0.4) is 0 Å². The third kappa shape index (κ3) is 5.31. The summed E-state index contributed by atoms with van der Waals surface area (Å²) in [5, 5.41) is 0. The van der Waals surface area contributed by atoms with Crippen LogP contribution in [0.25, 0.3) is 0 Å². The van der Waals surface area contributed by atoms with Gasteiger partial charge in [-0.3, -0.25) is 9.69 Å². The second kappa shape index (κ2) is 9.53. The molecule has 1 saturated heterocycles. The van der Waals surface area contributed by atoms with E-state index in [1.807, 2.05) is 6.07 Å². The van der Waals surface area contributed by atoms with Gasteiger partial charge in [0.05, 0.1) is 14.2 Å². The van der Waals surface area contributed by atoms with E-state index in [0.717, 1.165) is 39.3 Å². The summed E-state index contributed by atoms with van der Waals surface area (Å²) in [7, 11) is 3.18. The first kappa shape index (κ1) is 19.4. The van der Waals surface area contributed by atoms with Crippen molar-refractivity contribution in [2.24, 2.45) is 0 Å². The summed E-state index contributed by atoms with van der Waals surface area (Å²) in [4.78, 5) is 17.4. The van der Waals surface area contributed by atoms with Crippen LogP contribution in [0.1, 0.15) is 22.3 Å². The molecule has 0 atom stereocenters. The SMILES string of the molecule is COc1ccc(C(=O)CCN2CCN(Cc3ccccc3)CC2)cc1OC. The van der Waals surface area contributed by atoms with Gasteiger partial charge in [0.2, 0.25) is 0 Å². The standard InChI is InChI=1S/C22H28N2O3/c1-26-21-9-8-19(16-22(21)27-2)20(25)10-11-23-12-14-24(15-13-23)17-18-6-4-3-5-7-18/h3-9,16H,10-15,17H2,1-2H3. The number of hydrogen-bond acceptors (Lipinski definition) is 5. The number of ketones is 1. The Morgan fingerprint density at radius 2 is 1.56 bits per heavy atom. The van der Waals surface area contributed by atoms with Gasteiger partial charge in [0.25, 0.3) is 0 Å². The van der Waals surface area contributed by atoms with Crippen LogP contribution >= 0.6 is 0 Å². The van der Waals surface area contributed by atoms with Gasteiger partial charge in [-0.05, 0) is 23.8 Å². The molecule has 5 nitrogen and oxygen atoms in total. The van der Waals surface area contributed by atoms with Crippen molar-refractivity contribution in [3.63, 3.8) is 0 Å². The maximum absolute atomic E-state index is 12.5. The quantitative estimate of drug-likeness (QED) is 0.670. The Bertz CT molecular complexity index is 740. The molecule has 1 fully saturated rings. The van der Waals surface area contributed by atoms with Crippen molar-refractivity contribution in [1.82, 2.24) is 9.80 Å². The topological polar surface area (TPSA) is 42.0 Å². The Kier molecular flexibility index (Phi) is 6.85. The number of rotatable bonds is 8. The van der Waals surface area contributed by atoms with Crippen LogP contribution in [0.4, 0.5) is 0 Å². The molecule has 0 spiro atoms. The maximum atomic E-state index is 12.5. The van der Waals surface area contributed by atoms with Crippen molar-refractivity contribution >= 4 is 5.78 Å². The minimum atomic E-state index is 0.141. The van der Waals surface area contributed by atoms with E-state index in [2.05, 4.69) is 40.1 Å². The van der Waals surface area contributed by atoms with E-state index in [1.165, 1.54) is 5.56 Å². The number of piperazine rings is 1. The Morgan fingerprint density at radius 1 is 0.889 bits per heavy atom. The number of nitrogens with zero attached hydrogens (tertiary/aromatic N) is 2. The molecule has 144 valence electrons. The van der Waals surface area contributed by atoms with Crippen molar-refractivity contribution in [1.29, 1.82) is 0 Å². The summed E-state index contributed by atoms with van der Waals surface area (Å²) in [5.41, 5.74) is 2.03. The number of carbonyl (C=O) groups is 1. The predicted octanol–water partition coefficient (Wildman–Crippen LogP) is 3.09. The van der Waals surface area contributed by atoms with E-state index >= 15 is 0 Å². The Hall–Kier alpha value is -2.37. The van der Waals surface area contributed by atoms with Crippen molar-refractivity contribution in [3.8, 4) is 11.5 Å². The van der Waals surface area contributed by atoms with Crippen LogP contribution in [-0.4, -0.2) is 62.5 Å². The van der Waals surface area contributed by atoms with Crippen LogP contribution in [0.15, 0.2) is 48.5 Å². The normalized spacial score (nSPS) is 15.5. The zero-order chi connectivity index (χ0) is 19.1. The van der Waals surface area contributed by atoms with E-state index < -0.39 is 0 Å². The number of hydrogen-bond donors (Lipinski definition) is 0. The molecular weight excluding hydrogens is 340 g/mol. The third-order valence-corrected chi connectivity index (χ3v) is 5.07. The van der Waals surface area contributed by atoms with Crippen molar-refractivity contribution in [3.05, 3.63) is 59.7 Å². The lowest BCUT2D eigenvalue weighted by Crippen LogP contribution is -2.46. The highest BCUT2D eigenvalue weighted by Gasteiger charge is 2.18. The van der Waals surface area contributed by atoms with Gasteiger partial charge < -0.3 is 14.4 Å². The highest BCUT2D eigenvalue weighted by Crippen LogP contribution is 2.28. The molecule has 3 rings (SSSR count). The van der Waals surface area contributed by atoms with E-state index in [0.29, 0.717) is 23.5 Å². The molecular formula is C22H28N2O3. The first-order valence-electron chi connectivity index (χ1n) is 9.43. The monoisotopic (exact) mass is 368 g/mol. The van der Waals surface area contributed by atoms with Gasteiger partial charge in [-0.15, -0.1) is 0 Å². The number of benzene rings is 2. The lowest BCUT2D eigenvalue weighted by molar-refractivity contribution is 0.0922. The van der Waals surface area contributed by atoms with Gasteiger partial charge in [-0.25, -0.2) is 0 Å². The van der Waals surface area contributed by atoms with Crippen LogP contribution in [-0.2, 0) is 6.54 Å². The van der Waals surface area contributed by atoms with Crippen LogP contribution in [0.5, 0.6) is 11.5 Å². The Morgan fingerprint density at radius 3 is 2.22 bits per heavy atom. The van der Waals surface area contributed by atoms with Gasteiger partial charge in [0.15, 0.2) is 17.3 Å². The van der Waals surface area contributed by atoms with Crippen molar-refractivity contribution < 1.29 is 14.3 Å². The molecule has 0 amide bonds. The van der Waals surface area contributed by atoms with Crippen molar-refractivity contribution in [2.45, 2.75) is 13.0 Å². The first-order valence-corrected chi connectivity index (χ1v) is 9.43. The van der Waals surface area contributed by atoms with Crippen LogP contribution in [0.2, 0.25) is 0 Å². The molecule has 1 aliphatic rings. The Labute approximate surface area is 161 Å². The van der Waals surface area contributed by atoms with E-state index in [9.17, 15) is 4.79 Å². The fourth-order valence-corrected chi connectivity index (χ4v) is 3.43. The van der Waals surface area contributed by atoms with Gasteiger partial charge in [-0.1, -0.05) is 30.3 Å². The molecule has 0 unspecified atom stereocenters. The average molecular weight is 368 g/mol. The minimum Gasteiger partial charge on any atom is -0.493 e. The van der Waals surface area contributed by atoms with Crippen molar-refractivity contribution in [2.75, 3.05) is 46.9 Å². The van der Waals surface area contributed by atoms with Crippen LogP contribution in [0, 0.1) is 0 Å². The molecule has 0 bridgehead atoms. The fraction of sp³-hybridized carbons (Fsp3) is 0.409. The molecule has 1 heterocycles. The predicted molar refractivity (Wildman–Crippen MR) is 107 cm³/mol. The molecule has 27 heavy (non-hydrogen) atoms. The summed E-state index contributed by atoms with van der Waals surface area (Å²) in [5.74, 6) is 1.38. The molecule has 2 aromatic rings. The highest BCUT2D eigenvalue weighted by atomic mass is 16.5. The summed E-state index contributed by atoms with van der Waals surface area (Å²) in [6.45, 7) is 5.89. The third-order valence-electron chi connectivity index (χ3n) is 5.07. The molecule has 0 radical (unpaired) electrons. The summed E-state index contributed by atoms with van der Waals surface area (Å²) >= 11 is 0. The number of methoxy groups -OCH3 is 2. The largest absolute Gasteiger partial charge is 0.493 e. The lowest BCUT2D eigenvalue weighted by atomic mass is 10.1. The highest BCUT2D eigenvalue weighted by molar-refractivity contribution is 5.96. The van der Waals surface area contributed by atoms with Gasteiger partial charge >= 0.3 is 0 Å². The molecule has 0 aliphatic carbocycles. The van der Waals surface area contributed by atoms with E-state index in [4.69, 9.17) is 9.47 Å². The number of ether oxygens (including phenoxy) is 2. The maximum Gasteiger partial charge on any atom is 0.164 e. The zero-order valence-corrected chi connectivity index (χ0v) is 16.2. The lowest BCUT2D eigenvalue weighted by Gasteiger charge is -2.34. The molecule has 1 aliphatic heterocycles. The second-order valence-corrected chi connectivity index (χ2v) is 6.85. The summed E-state index contributed by atoms with van der Waals surface area (Å²) in [6.07, 6.45) is 0.522. The number of carbonyl (C=O) groups excluding carboxylic acids is 1. The minimum absolute atomic E-state index is 0.141. The number of Topliss-reactive ketones (excluding diaryl/α,β-unsaturated/α-hetero) is 1. The summed E-state index contributed by atoms with van der Waals surface area (Å²) in [6, 6.07) is 15.9. The molecule has 0 aromatic heterocycles. The van der Waals surface area contributed by atoms with E-state index in [1.54, 1.807) is 26.4 Å². The van der Waals surface area contributed by atoms with Gasteiger partial charge in [0.1, 0.15) is 0 Å². The van der Waals surface area contributed by atoms with E-state index in [-0.39, 0.29) is 5.78 Å². The molecule has 0 saturated carbocycles. The molecule has 0 N–H and O–H groups in total. The van der Waals surface area contributed by atoms with Gasteiger partial charge in [0, 0.05) is 51.3 Å². The average Bonchev–Trinajstić information content (AvgIpc) is 2.73. The first-order chi connectivity index (χ1) is 13.2. The fourth-order valence-electron chi connectivity index (χ4n) is 3.43. The Balaban J connectivity index is 1.45. The second-order valence-electron chi connectivity index (χ2n) is 6.85. The molecule has 2 aromatic carbocycles. The summed E-state index contributed by atoms with van der Waals surface area (Å²) < 4.78 is 10.5. The smallest absolute Gasteiger partial charge is 0.164 e. The van der Waals surface area contributed by atoms with Gasteiger partial charge in [-0.2, -0.15) is 0 Å². The molecule has 5 heteroatoms. The van der Waals surface area contributed by atoms with Crippen LogP contribution < -0.4 is 9.47 Å². The zero-order valence-electron chi connectivity index (χ0n) is 16.2.